The number of esters is 1. The highest BCUT2D eigenvalue weighted by atomic mass is 79.9. The number of halogens is 1. The van der Waals surface area contributed by atoms with Gasteiger partial charge in [0.1, 0.15) is 0 Å². The molecule has 0 amide bonds. The molecular formula is C14H17BrN2O3. The van der Waals surface area contributed by atoms with Gasteiger partial charge in [0.15, 0.2) is 0 Å². The van der Waals surface area contributed by atoms with Crippen LogP contribution in [0, 0.1) is 0 Å². The molecule has 2 rings (SSSR count). The van der Waals surface area contributed by atoms with Crippen LogP contribution in [-0.4, -0.2) is 22.2 Å². The first-order valence-electron chi connectivity index (χ1n) is 6.32. The zero-order valence-electron chi connectivity index (χ0n) is 11.4. The third-order valence-corrected chi connectivity index (χ3v) is 4.07. The van der Waals surface area contributed by atoms with Crippen LogP contribution in [0.5, 0.6) is 0 Å². The number of ether oxygens (including phenoxy) is 1. The first kappa shape index (κ1) is 15.0. The third kappa shape index (κ3) is 2.34. The van der Waals surface area contributed by atoms with E-state index in [9.17, 15) is 9.90 Å². The summed E-state index contributed by atoms with van der Waals surface area (Å²) in [6.45, 7) is 2.25. The largest absolute Gasteiger partial charge is 0.462 e. The molecule has 1 heterocycles. The number of aliphatic hydroxyl groups excluding tert-OH is 1. The fraction of sp³-hybridized carbons (Fsp3) is 0.357. The molecule has 0 saturated heterocycles. The first-order chi connectivity index (χ1) is 9.54. The molecule has 108 valence electrons. The molecule has 20 heavy (non-hydrogen) atoms. The lowest BCUT2D eigenvalue weighted by Crippen LogP contribution is -2.12. The number of aliphatic hydroxyl groups is 1. The number of hydrogen-bond donors (Lipinski definition) is 2. The van der Waals surface area contributed by atoms with Gasteiger partial charge in [-0.25, -0.2) is 4.79 Å². The Labute approximate surface area is 125 Å². The summed E-state index contributed by atoms with van der Waals surface area (Å²) in [5, 5.41) is 10.1. The number of rotatable bonds is 4. The van der Waals surface area contributed by atoms with E-state index in [-0.39, 0.29) is 19.1 Å². The summed E-state index contributed by atoms with van der Waals surface area (Å²) in [7, 11) is 1.85. The zero-order chi connectivity index (χ0) is 14.9. The quantitative estimate of drug-likeness (QED) is 0.835. The van der Waals surface area contributed by atoms with Crippen molar-refractivity contribution in [3.63, 3.8) is 0 Å². The lowest BCUT2D eigenvalue weighted by molar-refractivity contribution is 0.0527. The minimum Gasteiger partial charge on any atom is -0.462 e. The van der Waals surface area contributed by atoms with Gasteiger partial charge in [0.2, 0.25) is 0 Å². The van der Waals surface area contributed by atoms with Crippen LogP contribution >= 0.6 is 15.9 Å². The number of nitrogens with zero attached hydrogens (tertiary/aromatic N) is 1. The molecule has 0 fully saturated rings. The number of nitrogens with two attached hydrogens (primary N) is 1. The van der Waals surface area contributed by atoms with Crippen molar-refractivity contribution in [2.45, 2.75) is 20.1 Å². The van der Waals surface area contributed by atoms with Crippen LogP contribution in [-0.2, 0) is 24.9 Å². The van der Waals surface area contributed by atoms with Crippen molar-refractivity contribution in [1.82, 2.24) is 4.57 Å². The Kier molecular flexibility index (Phi) is 4.47. The predicted molar refractivity (Wildman–Crippen MR) is 80.4 cm³/mol. The Morgan fingerprint density at radius 2 is 2.20 bits per heavy atom. The van der Waals surface area contributed by atoms with Crippen LogP contribution in [0.3, 0.4) is 0 Å². The maximum atomic E-state index is 12.2. The Bertz CT molecular complexity index is 664. The number of carbonyl (C=O) groups excluding carboxylic acids is 1. The van der Waals surface area contributed by atoms with Gasteiger partial charge in [0, 0.05) is 34.7 Å². The van der Waals surface area contributed by atoms with Crippen molar-refractivity contribution in [2.24, 2.45) is 12.8 Å². The number of aryl methyl sites for hydroxylation is 1. The van der Waals surface area contributed by atoms with E-state index in [1.54, 1.807) is 6.92 Å². The topological polar surface area (TPSA) is 77.5 Å². The van der Waals surface area contributed by atoms with Gasteiger partial charge in [0.25, 0.3) is 0 Å². The van der Waals surface area contributed by atoms with Crippen molar-refractivity contribution in [1.29, 1.82) is 0 Å². The fourth-order valence-corrected chi connectivity index (χ4v) is 2.81. The summed E-state index contributed by atoms with van der Waals surface area (Å²) in [4.78, 5) is 12.2. The molecule has 0 unspecified atom stereocenters. The van der Waals surface area contributed by atoms with E-state index < -0.39 is 0 Å². The van der Waals surface area contributed by atoms with Crippen molar-refractivity contribution < 1.29 is 14.6 Å². The molecule has 3 N–H and O–H groups in total. The molecule has 0 aliphatic heterocycles. The van der Waals surface area contributed by atoms with E-state index in [1.165, 1.54) is 0 Å². The highest BCUT2D eigenvalue weighted by Gasteiger charge is 2.22. The standard InChI is InChI=1S/C14H17BrN2O3/c1-3-20-14(19)13-9-5-10(15)8(7-18)4-11(9)17(2)12(13)6-16/h4-5,18H,3,6-7,16H2,1-2H3. The molecule has 5 nitrogen and oxygen atoms in total. The Morgan fingerprint density at radius 3 is 2.75 bits per heavy atom. The zero-order valence-corrected chi connectivity index (χ0v) is 13.0. The van der Waals surface area contributed by atoms with Gasteiger partial charge in [0.05, 0.1) is 18.8 Å². The highest BCUT2D eigenvalue weighted by molar-refractivity contribution is 9.10. The fourth-order valence-electron chi connectivity index (χ4n) is 2.34. The van der Waals surface area contributed by atoms with Crippen LogP contribution < -0.4 is 5.73 Å². The van der Waals surface area contributed by atoms with E-state index in [1.807, 2.05) is 23.7 Å². The molecule has 0 radical (unpaired) electrons. The molecule has 0 spiro atoms. The SMILES string of the molecule is CCOC(=O)c1c(CN)n(C)c2cc(CO)c(Br)cc12. The molecule has 0 bridgehead atoms. The van der Waals surface area contributed by atoms with Crippen LogP contribution in [0.2, 0.25) is 0 Å². The number of benzene rings is 1. The lowest BCUT2D eigenvalue weighted by Gasteiger charge is -2.04. The lowest BCUT2D eigenvalue weighted by atomic mass is 10.1. The second-order valence-electron chi connectivity index (χ2n) is 4.42. The molecule has 6 heteroatoms. The van der Waals surface area contributed by atoms with Crippen molar-refractivity contribution >= 4 is 32.8 Å². The van der Waals surface area contributed by atoms with Gasteiger partial charge in [-0.05, 0) is 24.6 Å². The number of carbonyl (C=O) groups is 1. The molecular weight excluding hydrogens is 324 g/mol. The molecule has 0 aliphatic rings. The van der Waals surface area contributed by atoms with E-state index in [0.717, 1.165) is 26.6 Å². The van der Waals surface area contributed by atoms with Crippen LogP contribution in [0.4, 0.5) is 0 Å². The van der Waals surface area contributed by atoms with Crippen molar-refractivity contribution in [3.05, 3.63) is 33.4 Å². The predicted octanol–water partition coefficient (Wildman–Crippen LogP) is 2.07. The Hall–Kier alpha value is -1.37. The second kappa shape index (κ2) is 5.95. The van der Waals surface area contributed by atoms with Gasteiger partial charge in [-0.3, -0.25) is 0 Å². The molecule has 1 aromatic carbocycles. The number of aromatic nitrogens is 1. The van der Waals surface area contributed by atoms with E-state index in [2.05, 4.69) is 15.9 Å². The van der Waals surface area contributed by atoms with Crippen LogP contribution in [0.15, 0.2) is 16.6 Å². The Balaban J connectivity index is 2.78. The van der Waals surface area contributed by atoms with E-state index in [4.69, 9.17) is 10.5 Å². The second-order valence-corrected chi connectivity index (χ2v) is 5.28. The average Bonchev–Trinajstić information content (AvgIpc) is 2.70. The summed E-state index contributed by atoms with van der Waals surface area (Å²) in [5.41, 5.74) is 8.60. The first-order valence-corrected chi connectivity index (χ1v) is 7.12. The summed E-state index contributed by atoms with van der Waals surface area (Å²) >= 11 is 3.40. The third-order valence-electron chi connectivity index (χ3n) is 3.33. The highest BCUT2D eigenvalue weighted by Crippen LogP contribution is 2.31. The minimum absolute atomic E-state index is 0.0750. The van der Waals surface area contributed by atoms with Gasteiger partial charge in [-0.1, -0.05) is 15.9 Å². The molecule has 0 atom stereocenters. The molecule has 0 saturated carbocycles. The molecule has 1 aromatic heterocycles. The smallest absolute Gasteiger partial charge is 0.340 e. The number of hydrogen-bond acceptors (Lipinski definition) is 4. The average molecular weight is 341 g/mol. The van der Waals surface area contributed by atoms with Gasteiger partial charge in [-0.2, -0.15) is 0 Å². The summed E-state index contributed by atoms with van der Waals surface area (Å²) < 4.78 is 7.74. The van der Waals surface area contributed by atoms with Crippen LogP contribution in [0.25, 0.3) is 10.9 Å². The molecule has 0 aliphatic carbocycles. The van der Waals surface area contributed by atoms with Crippen molar-refractivity contribution in [3.8, 4) is 0 Å². The van der Waals surface area contributed by atoms with E-state index >= 15 is 0 Å². The molecule has 2 aromatic rings. The monoisotopic (exact) mass is 340 g/mol. The van der Waals surface area contributed by atoms with Gasteiger partial charge in [-0.15, -0.1) is 0 Å². The van der Waals surface area contributed by atoms with Gasteiger partial charge < -0.3 is 20.1 Å². The summed E-state index contributed by atoms with van der Waals surface area (Å²) in [5.74, 6) is -0.373. The van der Waals surface area contributed by atoms with Gasteiger partial charge >= 0.3 is 5.97 Å². The van der Waals surface area contributed by atoms with Crippen LogP contribution in [0.1, 0.15) is 28.5 Å². The summed E-state index contributed by atoms with van der Waals surface area (Å²) in [6.07, 6.45) is 0. The maximum Gasteiger partial charge on any atom is 0.340 e. The maximum absolute atomic E-state index is 12.2. The normalized spacial score (nSPS) is 11.1. The van der Waals surface area contributed by atoms with Crippen molar-refractivity contribution in [2.75, 3.05) is 6.61 Å². The van der Waals surface area contributed by atoms with E-state index in [0.29, 0.717) is 12.2 Å². The summed E-state index contributed by atoms with van der Waals surface area (Å²) in [6, 6.07) is 3.67. The Morgan fingerprint density at radius 1 is 1.50 bits per heavy atom. The minimum atomic E-state index is -0.373. The number of fused-ring (bicyclic) bond motifs is 1.